The van der Waals surface area contributed by atoms with Crippen LogP contribution in [0.5, 0.6) is 5.75 Å². The van der Waals surface area contributed by atoms with Crippen LogP contribution in [0.1, 0.15) is 58.4 Å². The average Bonchev–Trinajstić information content (AvgIpc) is 2.47. The van der Waals surface area contributed by atoms with Crippen LogP contribution in [0, 0.1) is 0 Å². The normalized spacial score (nSPS) is 14.1. The van der Waals surface area contributed by atoms with Gasteiger partial charge in [0.2, 0.25) is 0 Å². The van der Waals surface area contributed by atoms with Crippen LogP contribution in [0.15, 0.2) is 24.3 Å². The Balaban J connectivity index is 2.44. The zero-order chi connectivity index (χ0) is 14.1. The SMILES string of the molecule is CCCNC(CC)COc1ccc(C(C)CC)cc1. The third kappa shape index (κ3) is 5.65. The molecule has 0 saturated carbocycles. The van der Waals surface area contributed by atoms with Crippen molar-refractivity contribution in [3.63, 3.8) is 0 Å². The molecule has 19 heavy (non-hydrogen) atoms. The molecule has 0 spiro atoms. The molecule has 0 fully saturated rings. The summed E-state index contributed by atoms with van der Waals surface area (Å²) < 4.78 is 5.86. The fourth-order valence-electron chi connectivity index (χ4n) is 1.99. The van der Waals surface area contributed by atoms with Gasteiger partial charge in [0.05, 0.1) is 0 Å². The topological polar surface area (TPSA) is 21.3 Å². The summed E-state index contributed by atoms with van der Waals surface area (Å²) in [4.78, 5) is 0. The van der Waals surface area contributed by atoms with Gasteiger partial charge in [-0.1, -0.05) is 39.8 Å². The summed E-state index contributed by atoms with van der Waals surface area (Å²) in [5.74, 6) is 1.60. The van der Waals surface area contributed by atoms with Crippen molar-refractivity contribution in [3.8, 4) is 5.75 Å². The Hall–Kier alpha value is -1.02. The van der Waals surface area contributed by atoms with Gasteiger partial charge in [-0.3, -0.25) is 0 Å². The maximum absolute atomic E-state index is 5.86. The molecule has 1 aromatic carbocycles. The molecule has 0 aliphatic carbocycles. The molecule has 2 nitrogen and oxygen atoms in total. The first-order chi connectivity index (χ1) is 9.21. The van der Waals surface area contributed by atoms with Crippen LogP contribution in [-0.4, -0.2) is 19.2 Å². The van der Waals surface area contributed by atoms with E-state index in [1.165, 1.54) is 18.4 Å². The summed E-state index contributed by atoms with van der Waals surface area (Å²) in [6.45, 7) is 10.7. The monoisotopic (exact) mass is 263 g/mol. The lowest BCUT2D eigenvalue weighted by Gasteiger charge is -2.17. The lowest BCUT2D eigenvalue weighted by atomic mass is 9.99. The van der Waals surface area contributed by atoms with Gasteiger partial charge in [-0.15, -0.1) is 0 Å². The molecule has 0 radical (unpaired) electrons. The third-order valence-corrected chi connectivity index (χ3v) is 3.69. The Kier molecular flexibility index (Phi) is 7.57. The molecule has 1 aromatic rings. The van der Waals surface area contributed by atoms with E-state index in [9.17, 15) is 0 Å². The quantitative estimate of drug-likeness (QED) is 0.715. The summed E-state index contributed by atoms with van der Waals surface area (Å²) in [5.41, 5.74) is 1.39. The van der Waals surface area contributed by atoms with E-state index in [-0.39, 0.29) is 0 Å². The molecule has 1 rings (SSSR count). The maximum Gasteiger partial charge on any atom is 0.119 e. The van der Waals surface area contributed by atoms with E-state index in [1.807, 2.05) is 0 Å². The Morgan fingerprint density at radius 1 is 1.05 bits per heavy atom. The number of benzene rings is 1. The van der Waals surface area contributed by atoms with Gasteiger partial charge in [0.1, 0.15) is 12.4 Å². The average molecular weight is 263 g/mol. The molecule has 0 heterocycles. The van der Waals surface area contributed by atoms with E-state index in [0.29, 0.717) is 12.0 Å². The van der Waals surface area contributed by atoms with E-state index < -0.39 is 0 Å². The van der Waals surface area contributed by atoms with E-state index in [4.69, 9.17) is 4.74 Å². The highest BCUT2D eigenvalue weighted by Gasteiger charge is 2.06. The van der Waals surface area contributed by atoms with Gasteiger partial charge in [-0.2, -0.15) is 0 Å². The molecule has 0 bridgehead atoms. The van der Waals surface area contributed by atoms with Crippen molar-refractivity contribution in [2.75, 3.05) is 13.2 Å². The number of rotatable bonds is 9. The van der Waals surface area contributed by atoms with E-state index in [0.717, 1.165) is 25.3 Å². The summed E-state index contributed by atoms with van der Waals surface area (Å²) in [6.07, 6.45) is 3.45. The second-order valence-electron chi connectivity index (χ2n) is 5.25. The highest BCUT2D eigenvalue weighted by atomic mass is 16.5. The zero-order valence-corrected chi connectivity index (χ0v) is 12.9. The molecule has 2 unspecified atom stereocenters. The predicted molar refractivity (Wildman–Crippen MR) is 83.0 cm³/mol. The number of nitrogens with one attached hydrogen (secondary N) is 1. The summed E-state index contributed by atoms with van der Waals surface area (Å²) in [6, 6.07) is 9.00. The summed E-state index contributed by atoms with van der Waals surface area (Å²) in [5, 5.41) is 3.50. The van der Waals surface area contributed by atoms with Crippen LogP contribution < -0.4 is 10.1 Å². The van der Waals surface area contributed by atoms with Gasteiger partial charge in [-0.25, -0.2) is 0 Å². The first-order valence-corrected chi connectivity index (χ1v) is 7.67. The van der Waals surface area contributed by atoms with Crippen molar-refractivity contribution < 1.29 is 4.74 Å². The van der Waals surface area contributed by atoms with Crippen molar-refractivity contribution >= 4 is 0 Å². The number of ether oxygens (including phenoxy) is 1. The molecule has 0 aliphatic heterocycles. The van der Waals surface area contributed by atoms with Crippen molar-refractivity contribution in [2.45, 2.75) is 58.9 Å². The maximum atomic E-state index is 5.86. The highest BCUT2D eigenvalue weighted by Crippen LogP contribution is 2.21. The zero-order valence-electron chi connectivity index (χ0n) is 12.9. The first-order valence-electron chi connectivity index (χ1n) is 7.67. The Bertz CT molecular complexity index is 334. The summed E-state index contributed by atoms with van der Waals surface area (Å²) in [7, 11) is 0. The van der Waals surface area contributed by atoms with E-state index in [2.05, 4.69) is 57.3 Å². The minimum atomic E-state index is 0.453. The van der Waals surface area contributed by atoms with Gasteiger partial charge >= 0.3 is 0 Å². The van der Waals surface area contributed by atoms with Crippen molar-refractivity contribution in [1.29, 1.82) is 0 Å². The standard InChI is InChI=1S/C17H29NO/c1-5-12-18-16(7-3)13-19-17-10-8-15(9-11-17)14(4)6-2/h8-11,14,16,18H,5-7,12-13H2,1-4H3. The summed E-state index contributed by atoms with van der Waals surface area (Å²) >= 11 is 0. The van der Waals surface area contributed by atoms with Crippen LogP contribution in [-0.2, 0) is 0 Å². The molecule has 0 aliphatic rings. The van der Waals surface area contributed by atoms with Gasteiger partial charge in [0, 0.05) is 6.04 Å². The lowest BCUT2D eigenvalue weighted by molar-refractivity contribution is 0.260. The van der Waals surface area contributed by atoms with Crippen LogP contribution >= 0.6 is 0 Å². The molecule has 0 saturated heterocycles. The lowest BCUT2D eigenvalue weighted by Crippen LogP contribution is -2.34. The Labute approximate surface area is 118 Å². The van der Waals surface area contributed by atoms with Crippen molar-refractivity contribution in [3.05, 3.63) is 29.8 Å². The second kappa shape index (κ2) is 8.98. The van der Waals surface area contributed by atoms with Crippen LogP contribution in [0.25, 0.3) is 0 Å². The third-order valence-electron chi connectivity index (χ3n) is 3.69. The molecule has 108 valence electrons. The largest absolute Gasteiger partial charge is 0.492 e. The second-order valence-corrected chi connectivity index (χ2v) is 5.25. The van der Waals surface area contributed by atoms with Gasteiger partial charge in [0.25, 0.3) is 0 Å². The smallest absolute Gasteiger partial charge is 0.119 e. The fourth-order valence-corrected chi connectivity index (χ4v) is 1.99. The number of hydrogen-bond acceptors (Lipinski definition) is 2. The number of hydrogen-bond donors (Lipinski definition) is 1. The fraction of sp³-hybridized carbons (Fsp3) is 0.647. The van der Waals surface area contributed by atoms with Gasteiger partial charge in [0.15, 0.2) is 0 Å². The van der Waals surface area contributed by atoms with E-state index in [1.54, 1.807) is 0 Å². The van der Waals surface area contributed by atoms with E-state index >= 15 is 0 Å². The highest BCUT2D eigenvalue weighted by molar-refractivity contribution is 5.29. The molecule has 2 heteroatoms. The first kappa shape index (κ1) is 16.0. The Morgan fingerprint density at radius 3 is 2.26 bits per heavy atom. The molecule has 0 amide bonds. The van der Waals surface area contributed by atoms with Gasteiger partial charge < -0.3 is 10.1 Å². The molecular formula is C17H29NO. The Morgan fingerprint density at radius 2 is 1.74 bits per heavy atom. The van der Waals surface area contributed by atoms with Gasteiger partial charge in [-0.05, 0) is 49.4 Å². The van der Waals surface area contributed by atoms with Crippen LogP contribution in [0.4, 0.5) is 0 Å². The predicted octanol–water partition coefficient (Wildman–Crippen LogP) is 4.36. The minimum absolute atomic E-state index is 0.453. The molecule has 1 N–H and O–H groups in total. The molecule has 2 atom stereocenters. The molecular weight excluding hydrogens is 234 g/mol. The van der Waals surface area contributed by atoms with Crippen molar-refractivity contribution in [2.24, 2.45) is 0 Å². The van der Waals surface area contributed by atoms with Crippen molar-refractivity contribution in [1.82, 2.24) is 5.32 Å². The minimum Gasteiger partial charge on any atom is -0.492 e. The van der Waals surface area contributed by atoms with Crippen LogP contribution in [0.3, 0.4) is 0 Å². The van der Waals surface area contributed by atoms with Crippen LogP contribution in [0.2, 0.25) is 0 Å². The molecule has 0 aromatic heterocycles.